The molecule has 1 aliphatic heterocycles. The van der Waals surface area contributed by atoms with Crippen molar-refractivity contribution < 1.29 is 24.2 Å². The summed E-state index contributed by atoms with van der Waals surface area (Å²) < 4.78 is 10.4. The molecule has 1 heterocycles. The number of ether oxygens (including phenoxy) is 2. The second-order valence-corrected chi connectivity index (χ2v) is 7.13. The fourth-order valence-corrected chi connectivity index (χ4v) is 2.57. The predicted octanol–water partition coefficient (Wildman–Crippen LogP) is 2.49. The van der Waals surface area contributed by atoms with Gasteiger partial charge in [-0.1, -0.05) is 30.3 Å². The average Bonchev–Trinajstić information content (AvgIpc) is 3.02. The smallest absolute Gasteiger partial charge is 0.410 e. The van der Waals surface area contributed by atoms with Crippen molar-refractivity contribution in [2.75, 3.05) is 13.1 Å². The van der Waals surface area contributed by atoms with Gasteiger partial charge in [0.25, 0.3) is 0 Å². The summed E-state index contributed by atoms with van der Waals surface area (Å²) in [6, 6.07) is 9.43. The van der Waals surface area contributed by atoms with E-state index in [1.807, 2.05) is 30.3 Å². The zero-order valence-electron chi connectivity index (χ0n) is 14.9. The van der Waals surface area contributed by atoms with Crippen molar-refractivity contribution in [3.8, 4) is 0 Å². The van der Waals surface area contributed by atoms with Crippen LogP contribution in [0.3, 0.4) is 0 Å². The van der Waals surface area contributed by atoms with Crippen LogP contribution in [0.15, 0.2) is 30.3 Å². The Bertz CT molecular complexity index is 585. The molecule has 0 aromatic heterocycles. The number of likely N-dealkylation sites (tertiary alicyclic amines) is 1. The summed E-state index contributed by atoms with van der Waals surface area (Å²) in [6.07, 6.45) is -1.58. The summed E-state index contributed by atoms with van der Waals surface area (Å²) in [6.45, 7) is 6.26. The lowest BCUT2D eigenvalue weighted by Gasteiger charge is -2.24. The average molecular weight is 350 g/mol. The molecular formula is C18H26N2O5. The highest BCUT2D eigenvalue weighted by atomic mass is 16.6. The van der Waals surface area contributed by atoms with Crippen LogP contribution in [0, 0.1) is 5.92 Å². The fourth-order valence-electron chi connectivity index (χ4n) is 2.57. The Kier molecular flexibility index (Phi) is 6.25. The zero-order chi connectivity index (χ0) is 18.4. The Morgan fingerprint density at radius 3 is 2.64 bits per heavy atom. The van der Waals surface area contributed by atoms with Gasteiger partial charge in [0.2, 0.25) is 0 Å². The van der Waals surface area contributed by atoms with Crippen LogP contribution < -0.4 is 5.32 Å². The molecule has 0 aliphatic carbocycles. The minimum atomic E-state index is -1.07. The van der Waals surface area contributed by atoms with Crippen molar-refractivity contribution in [3.05, 3.63) is 35.9 Å². The number of amides is 2. The highest BCUT2D eigenvalue weighted by Gasteiger charge is 2.33. The summed E-state index contributed by atoms with van der Waals surface area (Å²) in [5, 5.41) is 12.5. The maximum absolute atomic E-state index is 12.1. The van der Waals surface area contributed by atoms with E-state index in [1.165, 1.54) is 4.90 Å². The van der Waals surface area contributed by atoms with Crippen LogP contribution in [0.5, 0.6) is 0 Å². The molecule has 1 aromatic rings. The van der Waals surface area contributed by atoms with Crippen LogP contribution >= 0.6 is 0 Å². The molecule has 1 fully saturated rings. The van der Waals surface area contributed by atoms with Crippen molar-refractivity contribution >= 4 is 12.2 Å². The van der Waals surface area contributed by atoms with Crippen molar-refractivity contribution in [1.82, 2.24) is 10.2 Å². The number of rotatable bonds is 4. The lowest BCUT2D eigenvalue weighted by Crippen LogP contribution is -2.44. The van der Waals surface area contributed by atoms with Crippen LogP contribution in [-0.4, -0.2) is 47.1 Å². The first kappa shape index (κ1) is 19.1. The molecular weight excluding hydrogens is 324 g/mol. The normalized spacial score (nSPS) is 18.6. The minimum absolute atomic E-state index is 0.208. The van der Waals surface area contributed by atoms with Gasteiger partial charge in [0.1, 0.15) is 18.4 Å². The van der Waals surface area contributed by atoms with Gasteiger partial charge in [-0.15, -0.1) is 0 Å². The SMILES string of the molecule is CC(C)(C)OC(=O)N[C@@H](O)[C@H]1CCN(C(=O)OCc2ccccc2)C1. The molecule has 7 heteroatoms. The summed E-state index contributed by atoms with van der Waals surface area (Å²) in [4.78, 5) is 25.3. The Balaban J connectivity index is 1.76. The molecule has 25 heavy (non-hydrogen) atoms. The Labute approximate surface area is 147 Å². The number of benzene rings is 1. The number of carbonyl (C=O) groups is 2. The van der Waals surface area contributed by atoms with Crippen molar-refractivity contribution in [2.24, 2.45) is 5.92 Å². The highest BCUT2D eigenvalue weighted by Crippen LogP contribution is 2.20. The van der Waals surface area contributed by atoms with E-state index in [4.69, 9.17) is 9.47 Å². The number of nitrogens with one attached hydrogen (secondary N) is 1. The van der Waals surface area contributed by atoms with Crippen molar-refractivity contribution in [1.29, 1.82) is 0 Å². The number of aliphatic hydroxyl groups excluding tert-OH is 1. The summed E-state index contributed by atoms with van der Waals surface area (Å²) in [5.41, 5.74) is 0.283. The van der Waals surface area contributed by atoms with Gasteiger partial charge < -0.3 is 19.5 Å². The first-order chi connectivity index (χ1) is 11.7. The molecule has 0 unspecified atom stereocenters. The third-order valence-electron chi connectivity index (χ3n) is 3.80. The van der Waals surface area contributed by atoms with Gasteiger partial charge in [-0.25, -0.2) is 9.59 Å². The summed E-state index contributed by atoms with van der Waals surface area (Å²) >= 11 is 0. The molecule has 0 spiro atoms. The van der Waals surface area contributed by atoms with Gasteiger partial charge in [-0.05, 0) is 32.8 Å². The molecule has 1 aliphatic rings. The number of hydrogen-bond acceptors (Lipinski definition) is 5. The van der Waals surface area contributed by atoms with E-state index >= 15 is 0 Å². The largest absolute Gasteiger partial charge is 0.445 e. The summed E-state index contributed by atoms with van der Waals surface area (Å²) in [7, 11) is 0. The van der Waals surface area contributed by atoms with Crippen molar-refractivity contribution in [3.63, 3.8) is 0 Å². The number of alkyl carbamates (subject to hydrolysis) is 1. The van der Waals surface area contributed by atoms with E-state index in [0.29, 0.717) is 19.5 Å². The molecule has 1 saturated heterocycles. The molecule has 0 radical (unpaired) electrons. The molecule has 2 atom stereocenters. The van der Waals surface area contributed by atoms with Gasteiger partial charge in [-0.3, -0.25) is 5.32 Å². The van der Waals surface area contributed by atoms with Gasteiger partial charge in [0.15, 0.2) is 0 Å². The maximum Gasteiger partial charge on any atom is 0.410 e. The standard InChI is InChI=1S/C18H26N2O5/c1-18(2,3)25-16(22)19-15(21)14-9-10-20(11-14)17(23)24-12-13-7-5-4-6-8-13/h4-8,14-15,21H,9-12H2,1-3H3,(H,19,22)/t14-,15-/m0/s1. The molecule has 2 N–H and O–H groups in total. The summed E-state index contributed by atoms with van der Waals surface area (Å²) in [5.74, 6) is -0.253. The second kappa shape index (κ2) is 8.20. The van der Waals surface area contributed by atoms with Crippen LogP contribution in [0.25, 0.3) is 0 Å². The maximum atomic E-state index is 12.1. The van der Waals surface area contributed by atoms with E-state index < -0.39 is 24.0 Å². The van der Waals surface area contributed by atoms with E-state index in [9.17, 15) is 14.7 Å². The second-order valence-electron chi connectivity index (χ2n) is 7.13. The van der Waals surface area contributed by atoms with E-state index in [0.717, 1.165) is 5.56 Å². The number of aliphatic hydroxyl groups is 1. The molecule has 7 nitrogen and oxygen atoms in total. The van der Waals surface area contributed by atoms with E-state index in [1.54, 1.807) is 20.8 Å². The van der Waals surface area contributed by atoms with Gasteiger partial charge in [-0.2, -0.15) is 0 Å². The van der Waals surface area contributed by atoms with E-state index in [-0.39, 0.29) is 12.5 Å². The Morgan fingerprint density at radius 2 is 2.00 bits per heavy atom. The highest BCUT2D eigenvalue weighted by molar-refractivity contribution is 5.69. The quantitative estimate of drug-likeness (QED) is 0.815. The minimum Gasteiger partial charge on any atom is -0.445 e. The number of carbonyl (C=O) groups excluding carboxylic acids is 2. The number of hydrogen-bond donors (Lipinski definition) is 2. The van der Waals surface area contributed by atoms with Gasteiger partial charge in [0.05, 0.1) is 0 Å². The first-order valence-corrected chi connectivity index (χ1v) is 8.38. The third kappa shape index (κ3) is 6.26. The van der Waals surface area contributed by atoms with Gasteiger partial charge >= 0.3 is 12.2 Å². The molecule has 1 aromatic carbocycles. The van der Waals surface area contributed by atoms with Crippen molar-refractivity contribution in [2.45, 2.75) is 45.6 Å². The van der Waals surface area contributed by atoms with Crippen LogP contribution in [-0.2, 0) is 16.1 Å². The monoisotopic (exact) mass is 350 g/mol. The van der Waals surface area contributed by atoms with Gasteiger partial charge in [0, 0.05) is 19.0 Å². The van der Waals surface area contributed by atoms with Crippen LogP contribution in [0.1, 0.15) is 32.8 Å². The molecule has 0 saturated carbocycles. The topological polar surface area (TPSA) is 88.1 Å². The Morgan fingerprint density at radius 1 is 1.32 bits per heavy atom. The zero-order valence-corrected chi connectivity index (χ0v) is 14.9. The number of nitrogens with zero attached hydrogens (tertiary/aromatic N) is 1. The molecule has 138 valence electrons. The molecule has 2 rings (SSSR count). The molecule has 2 amide bonds. The predicted molar refractivity (Wildman–Crippen MR) is 91.7 cm³/mol. The third-order valence-corrected chi connectivity index (χ3v) is 3.80. The van der Waals surface area contributed by atoms with E-state index in [2.05, 4.69) is 5.32 Å². The lowest BCUT2D eigenvalue weighted by atomic mass is 10.1. The first-order valence-electron chi connectivity index (χ1n) is 8.38. The van der Waals surface area contributed by atoms with Crippen LogP contribution in [0.4, 0.5) is 9.59 Å². The Hall–Kier alpha value is -2.28. The lowest BCUT2D eigenvalue weighted by molar-refractivity contribution is 0.0233. The fraction of sp³-hybridized carbons (Fsp3) is 0.556. The van der Waals surface area contributed by atoms with Crippen LogP contribution in [0.2, 0.25) is 0 Å². The molecule has 0 bridgehead atoms.